The van der Waals surface area contributed by atoms with Gasteiger partial charge in [-0.2, -0.15) is 0 Å². The van der Waals surface area contributed by atoms with E-state index in [4.69, 9.17) is 4.74 Å². The molecule has 0 bridgehead atoms. The molecule has 21 heavy (non-hydrogen) atoms. The van der Waals surface area contributed by atoms with Crippen LogP contribution in [0.4, 0.5) is 5.69 Å². The summed E-state index contributed by atoms with van der Waals surface area (Å²) in [4.78, 5) is 30.7. The normalized spacial score (nSPS) is 16.9. The number of nitro benzene ring substituents is 1. The molecular weight excluding hydrogens is 286 g/mol. The summed E-state index contributed by atoms with van der Waals surface area (Å²) < 4.78 is 4.99. The second-order valence-electron chi connectivity index (χ2n) is 4.08. The SMILES string of the molecule is COC1c2cccc([N+](=O)[O-])c2C([N+](=O)[O-])=C[C-]1[N+](=O)[O-]. The maximum Gasteiger partial charge on any atom is 0.265 e. The predicted molar refractivity (Wildman–Crippen MR) is 68.1 cm³/mol. The third kappa shape index (κ3) is 2.27. The van der Waals surface area contributed by atoms with Gasteiger partial charge in [0.25, 0.3) is 5.69 Å². The maximum atomic E-state index is 11.1. The number of benzene rings is 1. The minimum Gasteiger partial charge on any atom is -0.384 e. The van der Waals surface area contributed by atoms with Gasteiger partial charge in [-0.3, -0.25) is 30.3 Å². The van der Waals surface area contributed by atoms with E-state index in [1.165, 1.54) is 19.2 Å². The molecule has 0 spiro atoms. The van der Waals surface area contributed by atoms with Crippen molar-refractivity contribution >= 4 is 11.4 Å². The first-order valence-corrected chi connectivity index (χ1v) is 5.56. The van der Waals surface area contributed by atoms with Crippen LogP contribution in [0, 0.1) is 36.4 Å². The summed E-state index contributed by atoms with van der Waals surface area (Å²) in [6.07, 6.45) is -0.512. The van der Waals surface area contributed by atoms with Crippen LogP contribution in [-0.4, -0.2) is 21.9 Å². The molecule has 0 fully saturated rings. The lowest BCUT2D eigenvalue weighted by atomic mass is 9.88. The third-order valence-corrected chi connectivity index (χ3v) is 3.01. The van der Waals surface area contributed by atoms with E-state index in [1.807, 2.05) is 0 Å². The maximum absolute atomic E-state index is 11.1. The third-order valence-electron chi connectivity index (χ3n) is 3.01. The van der Waals surface area contributed by atoms with Gasteiger partial charge in [-0.05, 0) is 15.4 Å². The number of nitrogens with zero attached hydrogens (tertiary/aromatic N) is 3. The van der Waals surface area contributed by atoms with Crippen molar-refractivity contribution in [1.82, 2.24) is 0 Å². The highest BCUT2D eigenvalue weighted by atomic mass is 16.6. The molecule has 1 aliphatic rings. The minimum atomic E-state index is -1.21. The molecule has 110 valence electrons. The van der Waals surface area contributed by atoms with Gasteiger partial charge in [0.15, 0.2) is 0 Å². The topological polar surface area (TPSA) is 139 Å². The fraction of sp³-hybridized carbons (Fsp3) is 0.182. The molecule has 10 heteroatoms. The lowest BCUT2D eigenvalue weighted by Crippen LogP contribution is -2.25. The Morgan fingerprint density at radius 2 is 1.81 bits per heavy atom. The number of methoxy groups -OCH3 is 1. The molecule has 1 unspecified atom stereocenters. The van der Waals surface area contributed by atoms with E-state index in [0.717, 1.165) is 6.07 Å². The lowest BCUT2D eigenvalue weighted by molar-refractivity contribution is -0.471. The van der Waals surface area contributed by atoms with Crippen molar-refractivity contribution in [3.8, 4) is 0 Å². The van der Waals surface area contributed by atoms with Crippen molar-refractivity contribution in [2.75, 3.05) is 7.11 Å². The van der Waals surface area contributed by atoms with Gasteiger partial charge in [-0.15, -0.1) is 0 Å². The number of nitro groups is 3. The summed E-state index contributed by atoms with van der Waals surface area (Å²) in [5.74, 6) is 0. The molecular formula is C11H8N3O7-. The molecule has 0 saturated heterocycles. The number of fused-ring (bicyclic) bond motifs is 1. The van der Waals surface area contributed by atoms with Crippen LogP contribution in [0.25, 0.3) is 5.70 Å². The van der Waals surface area contributed by atoms with Gasteiger partial charge in [0, 0.05) is 13.2 Å². The van der Waals surface area contributed by atoms with Crippen LogP contribution < -0.4 is 0 Å². The Labute approximate surface area is 117 Å². The quantitative estimate of drug-likeness (QED) is 0.468. The summed E-state index contributed by atoms with van der Waals surface area (Å²) >= 11 is 0. The van der Waals surface area contributed by atoms with Crippen LogP contribution in [0.15, 0.2) is 24.3 Å². The average molecular weight is 294 g/mol. The van der Waals surface area contributed by atoms with Crippen molar-refractivity contribution < 1.29 is 19.5 Å². The van der Waals surface area contributed by atoms with Crippen molar-refractivity contribution in [2.45, 2.75) is 6.10 Å². The summed E-state index contributed by atoms with van der Waals surface area (Å²) in [7, 11) is 1.18. The van der Waals surface area contributed by atoms with E-state index in [2.05, 4.69) is 0 Å². The molecule has 0 N–H and O–H groups in total. The molecule has 0 aromatic heterocycles. The van der Waals surface area contributed by atoms with Gasteiger partial charge in [0.05, 0.1) is 10.5 Å². The molecule has 0 amide bonds. The predicted octanol–water partition coefficient (Wildman–Crippen LogP) is 1.72. The second kappa shape index (κ2) is 5.17. The van der Waals surface area contributed by atoms with E-state index in [0.29, 0.717) is 6.08 Å². The Morgan fingerprint density at radius 3 is 2.29 bits per heavy atom. The van der Waals surface area contributed by atoms with E-state index in [-0.39, 0.29) is 11.1 Å². The van der Waals surface area contributed by atoms with Crippen LogP contribution in [0.5, 0.6) is 0 Å². The zero-order valence-electron chi connectivity index (χ0n) is 10.6. The zero-order chi connectivity index (χ0) is 15.7. The first-order chi connectivity index (χ1) is 9.88. The highest BCUT2D eigenvalue weighted by Gasteiger charge is 2.37. The molecule has 10 nitrogen and oxygen atoms in total. The molecule has 0 saturated carbocycles. The summed E-state index contributed by atoms with van der Waals surface area (Å²) in [6.45, 7) is 0. The van der Waals surface area contributed by atoms with Crippen molar-refractivity contribution in [3.05, 3.63) is 71.8 Å². The summed E-state index contributed by atoms with van der Waals surface area (Å²) in [6, 6.07) is 3.18. The van der Waals surface area contributed by atoms with Gasteiger partial charge in [-0.25, -0.2) is 0 Å². The highest BCUT2D eigenvalue weighted by Crippen LogP contribution is 2.43. The largest absolute Gasteiger partial charge is 0.384 e. The van der Waals surface area contributed by atoms with Crippen molar-refractivity contribution in [1.29, 1.82) is 0 Å². The number of rotatable bonds is 4. The number of hydrogen-bond acceptors (Lipinski definition) is 7. The molecule has 2 rings (SSSR count). The molecule has 1 aromatic carbocycles. The summed E-state index contributed by atoms with van der Waals surface area (Å²) in [5.41, 5.74) is -1.45. The van der Waals surface area contributed by atoms with E-state index < -0.39 is 38.3 Å². The van der Waals surface area contributed by atoms with Crippen LogP contribution in [0.1, 0.15) is 17.2 Å². The Morgan fingerprint density at radius 1 is 1.14 bits per heavy atom. The molecule has 1 aromatic rings. The molecule has 1 atom stereocenters. The van der Waals surface area contributed by atoms with Crippen molar-refractivity contribution in [2.24, 2.45) is 0 Å². The van der Waals surface area contributed by atoms with Gasteiger partial charge in [-0.1, -0.05) is 18.2 Å². The molecule has 0 aliphatic heterocycles. The molecule has 0 heterocycles. The van der Waals surface area contributed by atoms with Gasteiger partial charge < -0.3 is 4.74 Å². The summed E-state index contributed by atoms with van der Waals surface area (Å²) in [5, 5.41) is 33.1. The van der Waals surface area contributed by atoms with E-state index in [9.17, 15) is 30.3 Å². The minimum absolute atomic E-state index is 0.0209. The lowest BCUT2D eigenvalue weighted by Gasteiger charge is -2.29. The second-order valence-corrected chi connectivity index (χ2v) is 4.08. The zero-order valence-corrected chi connectivity index (χ0v) is 10.6. The fourth-order valence-corrected chi connectivity index (χ4v) is 2.19. The van der Waals surface area contributed by atoms with Crippen molar-refractivity contribution in [3.63, 3.8) is 0 Å². The van der Waals surface area contributed by atoms with Crippen LogP contribution >= 0.6 is 0 Å². The smallest absolute Gasteiger partial charge is 0.265 e. The Hall–Kier alpha value is -3.01. The van der Waals surface area contributed by atoms with Crippen LogP contribution in [-0.2, 0) is 4.74 Å². The molecule has 0 radical (unpaired) electrons. The first-order valence-electron chi connectivity index (χ1n) is 5.56. The fourth-order valence-electron chi connectivity index (χ4n) is 2.19. The Bertz CT molecular complexity index is 670. The Balaban J connectivity index is 2.78. The van der Waals surface area contributed by atoms with Gasteiger partial charge in [0.1, 0.15) is 17.8 Å². The van der Waals surface area contributed by atoms with Crippen LogP contribution in [0.3, 0.4) is 0 Å². The standard InChI is InChI=1S/C11H8N3O7/c1-21-11-6-3-2-4-7(12(15)16)10(6)8(13(17)18)5-9(11)14(19)20/h2-5,11H,1H3/q-1. The number of hydrogen-bond donors (Lipinski definition) is 0. The average Bonchev–Trinajstić information content (AvgIpc) is 2.43. The van der Waals surface area contributed by atoms with E-state index >= 15 is 0 Å². The first kappa shape index (κ1) is 14.4. The van der Waals surface area contributed by atoms with Gasteiger partial charge in [0.2, 0.25) is 0 Å². The monoisotopic (exact) mass is 294 g/mol. The molecule has 1 aliphatic carbocycles. The Kier molecular flexibility index (Phi) is 3.54. The van der Waals surface area contributed by atoms with Crippen LogP contribution in [0.2, 0.25) is 0 Å². The number of ether oxygens (including phenoxy) is 1. The van der Waals surface area contributed by atoms with Gasteiger partial charge >= 0.3 is 0 Å². The highest BCUT2D eigenvalue weighted by molar-refractivity contribution is 5.75. The van der Waals surface area contributed by atoms with E-state index in [1.54, 1.807) is 0 Å².